The van der Waals surface area contributed by atoms with E-state index in [2.05, 4.69) is 40.5 Å². The third kappa shape index (κ3) is 8.90. The second-order valence-electron chi connectivity index (χ2n) is 9.79. The van der Waals surface area contributed by atoms with Crippen LogP contribution in [-0.4, -0.2) is 99.1 Å². The molecule has 1 saturated heterocycles. The lowest BCUT2D eigenvalue weighted by atomic mass is 10.1. The fourth-order valence-electron chi connectivity index (χ4n) is 4.10. The molecule has 5 rings (SSSR count). The first-order chi connectivity index (χ1) is 21.9. The van der Waals surface area contributed by atoms with Crippen molar-refractivity contribution in [2.45, 2.75) is 51.4 Å². The number of aliphatic hydroxyl groups is 3. The number of halogens is 1. The number of nitrogen functional groups attached to an aromatic ring is 2. The van der Waals surface area contributed by atoms with Crippen molar-refractivity contribution in [2.75, 3.05) is 29.5 Å². The highest BCUT2D eigenvalue weighted by Crippen LogP contribution is 2.34. The van der Waals surface area contributed by atoms with Gasteiger partial charge in [-0.25, -0.2) is 15.8 Å². The van der Waals surface area contributed by atoms with Gasteiger partial charge in [0.15, 0.2) is 6.23 Å². The van der Waals surface area contributed by atoms with Gasteiger partial charge in [-0.3, -0.25) is 20.0 Å². The van der Waals surface area contributed by atoms with Crippen molar-refractivity contribution in [3.8, 4) is 0 Å². The van der Waals surface area contributed by atoms with Crippen LogP contribution in [-0.2, 0) is 4.74 Å². The molecule has 19 nitrogen and oxygen atoms in total. The molecule has 1 fully saturated rings. The molecule has 12 N–H and O–H groups in total. The highest BCUT2D eigenvalue weighted by Gasteiger charge is 2.44. The Hall–Kier alpha value is -4.79. The third-order valence-corrected chi connectivity index (χ3v) is 6.30. The number of rotatable bonds is 8. The smallest absolute Gasteiger partial charge is 0.265 e. The van der Waals surface area contributed by atoms with Gasteiger partial charge >= 0.3 is 0 Å². The summed E-state index contributed by atoms with van der Waals surface area (Å²) in [6.45, 7) is 6.26. The Morgan fingerprint density at radius 3 is 2.35 bits per heavy atom. The quantitative estimate of drug-likeness (QED) is 0.0633. The van der Waals surface area contributed by atoms with Crippen LogP contribution in [0.15, 0.2) is 37.1 Å². The number of carbonyl (C=O) groups is 2. The molecule has 1 aliphatic rings. The maximum atomic E-state index is 11.6. The SMILES string of the molecule is CCNc1nc(Cl)nc(NC(C)C)n1.NC(=O)c1cn([C@@H]2O[C@H](CO)[C@@H](O)[C@H]2O)c2ncnc(N)c12.NNC(=O)c1ccncc1. The lowest BCUT2D eigenvalue weighted by molar-refractivity contribution is -0.0508. The molecule has 4 atom stereocenters. The number of carbonyl (C=O) groups excluding carboxylic acids is 2. The van der Waals surface area contributed by atoms with E-state index in [1.807, 2.05) is 26.2 Å². The number of hydrazine groups is 1. The van der Waals surface area contributed by atoms with Crippen molar-refractivity contribution in [3.05, 3.63) is 53.5 Å². The number of nitrogens with two attached hydrogens (primary N) is 3. The normalized spacial score (nSPS) is 18.6. The van der Waals surface area contributed by atoms with E-state index in [4.69, 9.17) is 38.8 Å². The molecular formula is C26H36ClN13O6. The summed E-state index contributed by atoms with van der Waals surface area (Å²) in [7, 11) is 0. The molecule has 248 valence electrons. The van der Waals surface area contributed by atoms with E-state index in [1.165, 1.54) is 29.5 Å². The molecule has 1 aliphatic heterocycles. The summed E-state index contributed by atoms with van der Waals surface area (Å²) in [6.07, 6.45) is 1.01. The van der Waals surface area contributed by atoms with Crippen molar-refractivity contribution >= 4 is 52.2 Å². The summed E-state index contributed by atoms with van der Waals surface area (Å²) < 4.78 is 6.77. The fraction of sp³-hybridized carbons (Fsp3) is 0.385. The van der Waals surface area contributed by atoms with Crippen LogP contribution in [0.25, 0.3) is 11.0 Å². The van der Waals surface area contributed by atoms with E-state index < -0.39 is 37.1 Å². The largest absolute Gasteiger partial charge is 0.394 e. The Balaban J connectivity index is 0.000000206. The zero-order valence-corrected chi connectivity index (χ0v) is 25.8. The summed E-state index contributed by atoms with van der Waals surface area (Å²) in [5.74, 6) is 4.89. The average molecular weight is 662 g/mol. The van der Waals surface area contributed by atoms with Crippen LogP contribution in [0.5, 0.6) is 0 Å². The van der Waals surface area contributed by atoms with Crippen molar-refractivity contribution in [2.24, 2.45) is 11.6 Å². The first-order valence-corrected chi connectivity index (χ1v) is 14.2. The number of primary amides is 1. The second kappa shape index (κ2) is 16.5. The van der Waals surface area contributed by atoms with Gasteiger partial charge in [-0.2, -0.15) is 15.0 Å². The van der Waals surface area contributed by atoms with E-state index in [0.717, 1.165) is 6.54 Å². The number of hydrogen-bond donors (Lipinski definition) is 9. The van der Waals surface area contributed by atoms with Crippen LogP contribution in [0.2, 0.25) is 5.28 Å². The molecule has 46 heavy (non-hydrogen) atoms. The Labute approximate surface area is 267 Å². The van der Waals surface area contributed by atoms with Crippen molar-refractivity contribution in [1.82, 2.24) is 39.9 Å². The number of pyridine rings is 1. The van der Waals surface area contributed by atoms with Crippen molar-refractivity contribution < 1.29 is 29.6 Å². The summed E-state index contributed by atoms with van der Waals surface area (Å²) >= 11 is 5.73. The fourth-order valence-corrected chi connectivity index (χ4v) is 4.26. The van der Waals surface area contributed by atoms with Gasteiger partial charge in [-0.15, -0.1) is 0 Å². The molecular weight excluding hydrogens is 626 g/mol. The van der Waals surface area contributed by atoms with Gasteiger partial charge in [0, 0.05) is 36.7 Å². The number of nitrogens with zero attached hydrogens (tertiary/aromatic N) is 7. The number of amides is 2. The molecule has 0 aliphatic carbocycles. The van der Waals surface area contributed by atoms with Crippen LogP contribution >= 0.6 is 11.6 Å². The minimum atomic E-state index is -1.32. The third-order valence-electron chi connectivity index (χ3n) is 6.13. The molecule has 5 heterocycles. The molecule has 0 radical (unpaired) electrons. The number of ether oxygens (including phenoxy) is 1. The zero-order valence-electron chi connectivity index (χ0n) is 25.1. The zero-order chi connectivity index (χ0) is 34.0. The van der Waals surface area contributed by atoms with Gasteiger partial charge in [0.2, 0.25) is 17.2 Å². The lowest BCUT2D eigenvalue weighted by Crippen LogP contribution is -2.33. The minimum Gasteiger partial charge on any atom is -0.394 e. The highest BCUT2D eigenvalue weighted by molar-refractivity contribution is 6.28. The number of anilines is 3. The number of aliphatic hydroxyl groups excluding tert-OH is 3. The molecule has 4 aromatic rings. The minimum absolute atomic E-state index is 0.0595. The first kappa shape index (κ1) is 35.7. The molecule has 0 saturated carbocycles. The van der Waals surface area contributed by atoms with Gasteiger partial charge in [0.1, 0.15) is 36.1 Å². The van der Waals surface area contributed by atoms with Crippen molar-refractivity contribution in [3.63, 3.8) is 0 Å². The Morgan fingerprint density at radius 1 is 1.11 bits per heavy atom. The van der Waals surface area contributed by atoms with E-state index in [0.29, 0.717) is 17.5 Å². The average Bonchev–Trinajstić information content (AvgIpc) is 3.55. The van der Waals surface area contributed by atoms with Gasteiger partial charge in [0.05, 0.1) is 17.6 Å². The molecule has 0 bridgehead atoms. The summed E-state index contributed by atoms with van der Waals surface area (Å²) in [5, 5.41) is 35.5. The Kier molecular flexibility index (Phi) is 12.8. The predicted octanol–water partition coefficient (Wildman–Crippen LogP) is -0.814. The predicted molar refractivity (Wildman–Crippen MR) is 167 cm³/mol. The van der Waals surface area contributed by atoms with Crippen molar-refractivity contribution in [1.29, 1.82) is 0 Å². The first-order valence-electron chi connectivity index (χ1n) is 13.8. The van der Waals surface area contributed by atoms with Crippen LogP contribution in [0, 0.1) is 0 Å². The molecule has 0 unspecified atom stereocenters. The Bertz CT molecular complexity index is 1610. The molecule has 4 aromatic heterocycles. The Morgan fingerprint density at radius 2 is 1.78 bits per heavy atom. The van der Waals surface area contributed by atoms with Gasteiger partial charge in [-0.1, -0.05) is 0 Å². The number of nitrogens with one attached hydrogen (secondary N) is 3. The van der Waals surface area contributed by atoms with Crippen LogP contribution in [0.3, 0.4) is 0 Å². The monoisotopic (exact) mass is 661 g/mol. The van der Waals surface area contributed by atoms with Crippen LogP contribution in [0.4, 0.5) is 17.7 Å². The van der Waals surface area contributed by atoms with Gasteiger partial charge < -0.3 is 46.7 Å². The molecule has 20 heteroatoms. The maximum Gasteiger partial charge on any atom is 0.265 e. The summed E-state index contributed by atoms with van der Waals surface area (Å²) in [5.41, 5.74) is 13.9. The number of aromatic nitrogens is 7. The van der Waals surface area contributed by atoms with Gasteiger partial charge in [0.25, 0.3) is 11.8 Å². The second-order valence-corrected chi connectivity index (χ2v) is 10.1. The number of fused-ring (bicyclic) bond motifs is 1. The van der Waals surface area contributed by atoms with Crippen LogP contribution in [0.1, 0.15) is 47.7 Å². The van der Waals surface area contributed by atoms with E-state index in [-0.39, 0.29) is 39.6 Å². The van der Waals surface area contributed by atoms with E-state index in [1.54, 1.807) is 12.1 Å². The van der Waals surface area contributed by atoms with E-state index >= 15 is 0 Å². The maximum absolute atomic E-state index is 11.6. The summed E-state index contributed by atoms with van der Waals surface area (Å²) in [4.78, 5) is 45.9. The van der Waals surface area contributed by atoms with E-state index in [9.17, 15) is 19.8 Å². The molecule has 2 amide bonds. The van der Waals surface area contributed by atoms with Gasteiger partial charge in [-0.05, 0) is 44.5 Å². The molecule has 0 spiro atoms. The molecule has 0 aromatic carbocycles. The standard InChI is InChI=1S/C12H15N5O5.C8H14ClN5.C6H7N3O/c13-9-6-4(10(14)21)1-17(11(6)16-3-15-9)12-8(20)7(19)5(2-18)22-12;1-4-10-7-12-6(9)13-8(14-7)11-5(2)3;7-9-6(10)5-1-3-8-4-2-5/h1,3,5,7-8,12,18-20H,2H2,(H2,14,21)(H2,13,15,16);5H,4H2,1-3H3,(H2,10,11,12,13,14);1-4H,7H2,(H,9,10)/t5-,7-,8-,12-;;/m1../s1. The van der Waals surface area contributed by atoms with Crippen LogP contribution < -0.4 is 33.4 Å². The highest BCUT2D eigenvalue weighted by atomic mass is 35.5. The lowest BCUT2D eigenvalue weighted by Gasteiger charge is -2.17. The summed E-state index contributed by atoms with van der Waals surface area (Å²) in [6, 6.07) is 3.44. The number of hydrogen-bond acceptors (Lipinski definition) is 16. The topological polar surface area (TPSA) is 300 Å².